The van der Waals surface area contributed by atoms with Crippen molar-refractivity contribution in [3.8, 4) is 0 Å². The molecule has 0 saturated carbocycles. The van der Waals surface area contributed by atoms with Gasteiger partial charge in [-0.3, -0.25) is 0 Å². The van der Waals surface area contributed by atoms with Crippen molar-refractivity contribution in [2.75, 3.05) is 6.54 Å². The molecule has 1 unspecified atom stereocenters. The third kappa shape index (κ3) is 3.89. The van der Waals surface area contributed by atoms with Crippen molar-refractivity contribution in [3.05, 3.63) is 68.7 Å². The minimum atomic E-state index is 0.0890. The maximum Gasteiger partial charge on any atom is 0.0454 e. The van der Waals surface area contributed by atoms with E-state index in [1.807, 2.05) is 36.4 Å². The van der Waals surface area contributed by atoms with Crippen molar-refractivity contribution in [1.82, 2.24) is 5.32 Å². The second-order valence-corrected chi connectivity index (χ2v) is 5.82. The van der Waals surface area contributed by atoms with E-state index < -0.39 is 0 Å². The number of nitrogens with one attached hydrogen (secondary N) is 1. The van der Waals surface area contributed by atoms with Gasteiger partial charge in [-0.15, -0.1) is 0 Å². The van der Waals surface area contributed by atoms with Crippen LogP contribution in [-0.2, 0) is 6.42 Å². The van der Waals surface area contributed by atoms with Gasteiger partial charge in [0.25, 0.3) is 0 Å². The molecule has 20 heavy (non-hydrogen) atoms. The molecule has 0 spiro atoms. The van der Waals surface area contributed by atoms with Crippen LogP contribution >= 0.6 is 34.8 Å². The predicted molar refractivity (Wildman–Crippen MR) is 88.0 cm³/mol. The molecule has 1 atom stereocenters. The summed E-state index contributed by atoms with van der Waals surface area (Å²) < 4.78 is 0. The molecule has 0 bridgehead atoms. The molecule has 106 valence electrons. The lowest BCUT2D eigenvalue weighted by Crippen LogP contribution is -2.23. The van der Waals surface area contributed by atoms with Crippen LogP contribution in [0.2, 0.25) is 15.1 Å². The van der Waals surface area contributed by atoms with Crippen LogP contribution in [0.25, 0.3) is 0 Å². The maximum atomic E-state index is 6.30. The van der Waals surface area contributed by atoms with Gasteiger partial charge in [-0.25, -0.2) is 0 Å². The van der Waals surface area contributed by atoms with Crippen LogP contribution in [0.4, 0.5) is 0 Å². The van der Waals surface area contributed by atoms with Crippen molar-refractivity contribution in [2.45, 2.75) is 19.4 Å². The fourth-order valence-corrected chi connectivity index (χ4v) is 2.85. The summed E-state index contributed by atoms with van der Waals surface area (Å²) in [6.45, 7) is 2.91. The van der Waals surface area contributed by atoms with Gasteiger partial charge in [-0.2, -0.15) is 0 Å². The van der Waals surface area contributed by atoms with E-state index >= 15 is 0 Å². The molecule has 0 saturated heterocycles. The zero-order valence-electron chi connectivity index (χ0n) is 11.2. The van der Waals surface area contributed by atoms with Crippen molar-refractivity contribution in [2.24, 2.45) is 0 Å². The van der Waals surface area contributed by atoms with Crippen LogP contribution in [0.15, 0.2) is 42.5 Å². The van der Waals surface area contributed by atoms with E-state index in [9.17, 15) is 0 Å². The highest BCUT2D eigenvalue weighted by Gasteiger charge is 2.16. The zero-order valence-corrected chi connectivity index (χ0v) is 13.4. The molecule has 0 amide bonds. The van der Waals surface area contributed by atoms with Gasteiger partial charge < -0.3 is 5.32 Å². The highest BCUT2D eigenvalue weighted by molar-refractivity contribution is 6.33. The first-order chi connectivity index (χ1) is 9.61. The Hall–Kier alpha value is -0.730. The Balaban J connectivity index is 2.32. The van der Waals surface area contributed by atoms with Gasteiger partial charge in [0.15, 0.2) is 0 Å². The average molecular weight is 329 g/mol. The van der Waals surface area contributed by atoms with E-state index in [2.05, 4.69) is 12.2 Å². The Morgan fingerprint density at radius 2 is 1.75 bits per heavy atom. The number of likely N-dealkylation sites (N-methyl/N-ethyl adjacent to an activating group) is 1. The second-order valence-electron chi connectivity index (χ2n) is 4.57. The molecule has 0 aliphatic carbocycles. The Labute approximate surface area is 134 Å². The Morgan fingerprint density at radius 3 is 2.45 bits per heavy atom. The first-order valence-electron chi connectivity index (χ1n) is 6.53. The fraction of sp³-hybridized carbons (Fsp3) is 0.250. The lowest BCUT2D eigenvalue weighted by Gasteiger charge is -2.20. The summed E-state index contributed by atoms with van der Waals surface area (Å²) in [5, 5.41) is 5.61. The number of halogens is 3. The summed E-state index contributed by atoms with van der Waals surface area (Å²) in [5.41, 5.74) is 2.09. The first-order valence-corrected chi connectivity index (χ1v) is 7.67. The van der Waals surface area contributed by atoms with E-state index in [0.29, 0.717) is 10.0 Å². The SMILES string of the molecule is CCNC(Cc1ccccc1Cl)c1cc(Cl)ccc1Cl. The number of hydrogen-bond acceptors (Lipinski definition) is 1. The largest absolute Gasteiger partial charge is 0.310 e. The summed E-state index contributed by atoms with van der Waals surface area (Å²) in [7, 11) is 0. The summed E-state index contributed by atoms with van der Waals surface area (Å²) in [4.78, 5) is 0. The van der Waals surface area contributed by atoms with E-state index in [1.54, 1.807) is 6.07 Å². The van der Waals surface area contributed by atoms with Gasteiger partial charge in [0.2, 0.25) is 0 Å². The third-order valence-corrected chi connectivity index (χ3v) is 4.11. The van der Waals surface area contributed by atoms with Crippen molar-refractivity contribution >= 4 is 34.8 Å². The second kappa shape index (κ2) is 7.33. The molecule has 0 heterocycles. The Bertz CT molecular complexity index is 584. The third-order valence-electron chi connectivity index (χ3n) is 3.17. The molecule has 0 radical (unpaired) electrons. The molecule has 0 fully saturated rings. The molecule has 4 heteroatoms. The molecule has 1 nitrogen and oxygen atoms in total. The van der Waals surface area contributed by atoms with Gasteiger partial charge in [-0.1, -0.05) is 59.9 Å². The normalized spacial score (nSPS) is 12.4. The smallest absolute Gasteiger partial charge is 0.0454 e. The lowest BCUT2D eigenvalue weighted by molar-refractivity contribution is 0.550. The maximum absolute atomic E-state index is 6.30. The van der Waals surface area contributed by atoms with Gasteiger partial charge in [-0.05, 0) is 48.4 Å². The number of hydrogen-bond donors (Lipinski definition) is 1. The molecule has 2 aromatic carbocycles. The van der Waals surface area contributed by atoms with Crippen LogP contribution in [0.1, 0.15) is 24.1 Å². The van der Waals surface area contributed by atoms with Crippen molar-refractivity contribution in [1.29, 1.82) is 0 Å². The van der Waals surface area contributed by atoms with E-state index in [-0.39, 0.29) is 6.04 Å². The van der Waals surface area contributed by atoms with E-state index in [1.165, 1.54) is 0 Å². The lowest BCUT2D eigenvalue weighted by atomic mass is 9.98. The Kier molecular flexibility index (Phi) is 5.74. The molecule has 0 aliphatic heterocycles. The van der Waals surface area contributed by atoms with Crippen LogP contribution in [0.3, 0.4) is 0 Å². The van der Waals surface area contributed by atoms with Crippen LogP contribution in [0.5, 0.6) is 0 Å². The van der Waals surface area contributed by atoms with E-state index in [0.717, 1.165) is 29.1 Å². The summed E-state index contributed by atoms with van der Waals surface area (Å²) in [6.07, 6.45) is 0.771. The van der Waals surface area contributed by atoms with E-state index in [4.69, 9.17) is 34.8 Å². The van der Waals surface area contributed by atoms with Crippen LogP contribution < -0.4 is 5.32 Å². The summed E-state index contributed by atoms with van der Waals surface area (Å²) in [5.74, 6) is 0. The quantitative estimate of drug-likeness (QED) is 0.760. The molecule has 0 aliphatic rings. The Morgan fingerprint density at radius 1 is 1.00 bits per heavy atom. The van der Waals surface area contributed by atoms with Crippen molar-refractivity contribution < 1.29 is 0 Å². The van der Waals surface area contributed by atoms with Gasteiger partial charge in [0, 0.05) is 21.1 Å². The molecular formula is C16H16Cl3N. The van der Waals surface area contributed by atoms with Gasteiger partial charge in [0.05, 0.1) is 0 Å². The van der Waals surface area contributed by atoms with Gasteiger partial charge >= 0.3 is 0 Å². The number of benzene rings is 2. The first kappa shape index (κ1) is 15.7. The molecule has 1 N–H and O–H groups in total. The highest BCUT2D eigenvalue weighted by atomic mass is 35.5. The fourth-order valence-electron chi connectivity index (χ4n) is 2.20. The predicted octanol–water partition coefficient (Wildman–Crippen LogP) is 5.54. The van der Waals surface area contributed by atoms with Crippen LogP contribution in [-0.4, -0.2) is 6.54 Å². The monoisotopic (exact) mass is 327 g/mol. The molecule has 0 aromatic heterocycles. The summed E-state index contributed by atoms with van der Waals surface area (Å²) >= 11 is 18.6. The summed E-state index contributed by atoms with van der Waals surface area (Å²) in [6, 6.07) is 13.5. The topological polar surface area (TPSA) is 12.0 Å². The van der Waals surface area contributed by atoms with Crippen molar-refractivity contribution in [3.63, 3.8) is 0 Å². The minimum Gasteiger partial charge on any atom is -0.310 e. The standard InChI is InChI=1S/C16H16Cl3N/c1-2-20-16(9-11-5-3-4-6-14(11)18)13-10-12(17)7-8-15(13)19/h3-8,10,16,20H,2,9H2,1H3. The molecular weight excluding hydrogens is 313 g/mol. The minimum absolute atomic E-state index is 0.0890. The highest BCUT2D eigenvalue weighted by Crippen LogP contribution is 2.30. The van der Waals surface area contributed by atoms with Crippen LogP contribution in [0, 0.1) is 0 Å². The number of rotatable bonds is 5. The zero-order chi connectivity index (χ0) is 14.5. The van der Waals surface area contributed by atoms with Gasteiger partial charge in [0.1, 0.15) is 0 Å². The average Bonchev–Trinajstić information content (AvgIpc) is 2.43. The molecule has 2 aromatic rings. The molecule has 2 rings (SSSR count).